The molecule has 0 N–H and O–H groups in total. The highest BCUT2D eigenvalue weighted by Gasteiger charge is 2.25. The monoisotopic (exact) mass is 359 g/mol. The van der Waals surface area contributed by atoms with Gasteiger partial charge in [0, 0.05) is 25.8 Å². The molecule has 0 aliphatic carbocycles. The molecule has 0 saturated heterocycles. The number of ether oxygens (including phenoxy) is 1. The van der Waals surface area contributed by atoms with Crippen molar-refractivity contribution in [3.63, 3.8) is 0 Å². The Hall–Kier alpha value is -1.05. The minimum atomic E-state index is -3.57. The van der Waals surface area contributed by atoms with E-state index in [4.69, 9.17) is 4.74 Å². The molecular weight excluding hydrogens is 334 g/mol. The highest BCUT2D eigenvalue weighted by Crippen LogP contribution is 2.21. The molecule has 0 heterocycles. The van der Waals surface area contributed by atoms with E-state index >= 15 is 0 Å². The molecule has 0 fully saturated rings. The molecule has 1 atom stereocenters. The van der Waals surface area contributed by atoms with Gasteiger partial charge in [-0.25, -0.2) is 8.42 Å². The first-order valence-electron chi connectivity index (χ1n) is 7.63. The van der Waals surface area contributed by atoms with Crippen LogP contribution in [-0.2, 0) is 14.8 Å². The smallest absolute Gasteiger partial charge is 0.243 e. The third-order valence-corrected chi connectivity index (χ3v) is 6.46. The minimum absolute atomic E-state index is 0.0174. The predicted octanol–water partition coefficient (Wildman–Crippen LogP) is 3.15. The van der Waals surface area contributed by atoms with E-state index in [1.54, 1.807) is 31.2 Å². The van der Waals surface area contributed by atoms with Gasteiger partial charge in [-0.2, -0.15) is 4.31 Å². The predicted molar refractivity (Wildman–Crippen MR) is 94.4 cm³/mol. The number of sulfonamides is 1. The molecule has 0 saturated carbocycles. The fourth-order valence-electron chi connectivity index (χ4n) is 1.79. The van der Waals surface area contributed by atoms with E-state index in [9.17, 15) is 13.2 Å². The molecule has 1 aromatic rings. The summed E-state index contributed by atoms with van der Waals surface area (Å²) < 4.78 is 32.0. The highest BCUT2D eigenvalue weighted by atomic mass is 32.2. The van der Waals surface area contributed by atoms with Crippen LogP contribution < -0.4 is 4.74 Å². The molecule has 1 aromatic carbocycles. The maximum absolute atomic E-state index is 12.6. The van der Waals surface area contributed by atoms with Crippen LogP contribution in [0.15, 0.2) is 29.2 Å². The molecular formula is C16H25NO4S2. The molecule has 0 amide bonds. The number of carbonyl (C=O) groups excluding carboxylic acids is 1. The van der Waals surface area contributed by atoms with Crippen LogP contribution in [0.2, 0.25) is 0 Å². The summed E-state index contributed by atoms with van der Waals surface area (Å²) in [5.41, 5.74) is 0. The zero-order valence-electron chi connectivity index (χ0n) is 14.1. The van der Waals surface area contributed by atoms with Gasteiger partial charge >= 0.3 is 0 Å². The number of thioether (sulfide) groups is 1. The normalized spacial score (nSPS) is 13.1. The Morgan fingerprint density at radius 3 is 2.43 bits per heavy atom. The molecule has 0 aromatic heterocycles. The second-order valence-electron chi connectivity index (χ2n) is 5.35. The average molecular weight is 360 g/mol. The van der Waals surface area contributed by atoms with Crippen LogP contribution in [0.3, 0.4) is 0 Å². The Balaban J connectivity index is 2.76. The first kappa shape index (κ1) is 20.0. The number of carbonyl (C=O) groups is 1. The summed E-state index contributed by atoms with van der Waals surface area (Å²) in [6.07, 6.45) is 2.02. The Morgan fingerprint density at radius 2 is 1.91 bits per heavy atom. The summed E-state index contributed by atoms with van der Waals surface area (Å²) in [5, 5.41) is -0.0174. The number of rotatable bonds is 9. The second-order valence-corrected chi connectivity index (χ2v) is 8.54. The Kier molecular flexibility index (Phi) is 8.08. The molecule has 23 heavy (non-hydrogen) atoms. The Morgan fingerprint density at radius 1 is 1.30 bits per heavy atom. The molecule has 7 heteroatoms. The summed E-state index contributed by atoms with van der Waals surface area (Å²) >= 11 is 1.13. The van der Waals surface area contributed by atoms with Gasteiger partial charge in [0.15, 0.2) is 5.12 Å². The maximum Gasteiger partial charge on any atom is 0.243 e. The largest absolute Gasteiger partial charge is 0.494 e. The fourth-order valence-corrected chi connectivity index (χ4v) is 3.94. The number of hydrogen-bond acceptors (Lipinski definition) is 5. The first-order chi connectivity index (χ1) is 10.8. The van der Waals surface area contributed by atoms with Crippen LogP contribution in [-0.4, -0.2) is 43.3 Å². The van der Waals surface area contributed by atoms with Crippen molar-refractivity contribution >= 4 is 26.9 Å². The lowest BCUT2D eigenvalue weighted by Crippen LogP contribution is -2.36. The molecule has 1 unspecified atom stereocenters. The van der Waals surface area contributed by atoms with Crippen LogP contribution in [0, 0.1) is 0 Å². The summed E-state index contributed by atoms with van der Waals surface area (Å²) in [6.45, 7) is 5.97. The van der Waals surface area contributed by atoms with Crippen molar-refractivity contribution in [1.82, 2.24) is 4.31 Å². The number of benzene rings is 1. The van der Waals surface area contributed by atoms with Gasteiger partial charge in [0.25, 0.3) is 0 Å². The van der Waals surface area contributed by atoms with E-state index in [1.807, 2.05) is 0 Å². The van der Waals surface area contributed by atoms with Crippen molar-refractivity contribution in [2.24, 2.45) is 0 Å². The number of hydrogen-bond donors (Lipinski definition) is 0. The third-order valence-electron chi connectivity index (χ3n) is 3.42. The zero-order valence-corrected chi connectivity index (χ0v) is 15.7. The topological polar surface area (TPSA) is 63.7 Å². The van der Waals surface area contributed by atoms with Crippen LogP contribution in [0.4, 0.5) is 0 Å². The summed E-state index contributed by atoms with van der Waals surface area (Å²) in [7, 11) is -2.04. The molecule has 0 spiro atoms. The van der Waals surface area contributed by atoms with E-state index in [0.717, 1.165) is 24.6 Å². The van der Waals surface area contributed by atoms with Gasteiger partial charge in [-0.05, 0) is 37.6 Å². The Labute approximate surface area is 143 Å². The van der Waals surface area contributed by atoms with Gasteiger partial charge in [0.2, 0.25) is 10.0 Å². The van der Waals surface area contributed by atoms with Crippen LogP contribution in [0.1, 0.15) is 33.6 Å². The molecule has 0 radical (unpaired) electrons. The van der Waals surface area contributed by atoms with E-state index in [2.05, 4.69) is 6.92 Å². The van der Waals surface area contributed by atoms with Gasteiger partial charge < -0.3 is 4.74 Å². The maximum atomic E-state index is 12.6. The van der Waals surface area contributed by atoms with Gasteiger partial charge in [-0.1, -0.05) is 25.1 Å². The van der Waals surface area contributed by atoms with Crippen molar-refractivity contribution in [2.75, 3.05) is 19.4 Å². The van der Waals surface area contributed by atoms with E-state index < -0.39 is 10.0 Å². The lowest BCUT2D eigenvalue weighted by molar-refractivity contribution is -0.109. The lowest BCUT2D eigenvalue weighted by atomic mass is 10.3. The lowest BCUT2D eigenvalue weighted by Gasteiger charge is -2.23. The van der Waals surface area contributed by atoms with E-state index in [1.165, 1.54) is 18.3 Å². The highest BCUT2D eigenvalue weighted by molar-refractivity contribution is 8.13. The SMILES string of the molecule is CCCCOc1ccc(S(=O)(=O)N(C)C(C)CSC(C)=O)cc1. The van der Waals surface area contributed by atoms with Crippen molar-refractivity contribution in [3.8, 4) is 5.75 Å². The molecule has 1 rings (SSSR count). The standard InChI is InChI=1S/C16H25NO4S2/c1-5-6-11-21-15-7-9-16(10-8-15)23(19,20)17(4)13(2)12-22-14(3)18/h7-10,13H,5-6,11-12H2,1-4H3. The third kappa shape index (κ3) is 6.16. The number of nitrogens with zero attached hydrogens (tertiary/aromatic N) is 1. The molecule has 0 aliphatic heterocycles. The van der Waals surface area contributed by atoms with E-state index in [-0.39, 0.29) is 16.1 Å². The quantitative estimate of drug-likeness (QED) is 0.634. The second kappa shape index (κ2) is 9.30. The van der Waals surface area contributed by atoms with Crippen LogP contribution in [0.25, 0.3) is 0 Å². The molecule has 5 nitrogen and oxygen atoms in total. The van der Waals surface area contributed by atoms with Crippen molar-refractivity contribution in [3.05, 3.63) is 24.3 Å². The molecule has 130 valence electrons. The Bertz CT molecular complexity index is 599. The van der Waals surface area contributed by atoms with Gasteiger partial charge in [-0.15, -0.1) is 0 Å². The average Bonchev–Trinajstić information content (AvgIpc) is 2.52. The summed E-state index contributed by atoms with van der Waals surface area (Å²) in [4.78, 5) is 11.2. The van der Waals surface area contributed by atoms with Gasteiger partial charge in [-0.3, -0.25) is 4.79 Å². The van der Waals surface area contributed by atoms with Crippen LogP contribution in [0.5, 0.6) is 5.75 Å². The van der Waals surface area contributed by atoms with Crippen molar-refractivity contribution in [2.45, 2.75) is 44.6 Å². The van der Waals surface area contributed by atoms with Crippen molar-refractivity contribution < 1.29 is 17.9 Å². The van der Waals surface area contributed by atoms with Gasteiger partial charge in [0.05, 0.1) is 11.5 Å². The molecule has 0 bridgehead atoms. The minimum Gasteiger partial charge on any atom is -0.494 e. The zero-order chi connectivity index (χ0) is 17.5. The van der Waals surface area contributed by atoms with Crippen molar-refractivity contribution in [1.29, 1.82) is 0 Å². The first-order valence-corrected chi connectivity index (χ1v) is 10.1. The molecule has 0 aliphatic rings. The van der Waals surface area contributed by atoms with Crippen LogP contribution >= 0.6 is 11.8 Å². The summed E-state index contributed by atoms with van der Waals surface area (Å²) in [5.74, 6) is 1.10. The van der Waals surface area contributed by atoms with E-state index in [0.29, 0.717) is 18.1 Å². The fraction of sp³-hybridized carbons (Fsp3) is 0.562. The number of unbranched alkanes of at least 4 members (excludes halogenated alkanes) is 1. The van der Waals surface area contributed by atoms with Gasteiger partial charge in [0.1, 0.15) is 5.75 Å². The summed E-state index contributed by atoms with van der Waals surface area (Å²) in [6, 6.07) is 6.18.